The van der Waals surface area contributed by atoms with Gasteiger partial charge in [-0.1, -0.05) is 46.3 Å². The predicted molar refractivity (Wildman–Crippen MR) is 134 cm³/mol. The number of carbonyl (C=O) groups is 3. The van der Waals surface area contributed by atoms with E-state index in [0.717, 1.165) is 11.8 Å². The highest BCUT2D eigenvalue weighted by atomic mass is 79.9. The van der Waals surface area contributed by atoms with Gasteiger partial charge in [0.05, 0.1) is 29.6 Å². The fourth-order valence-corrected chi connectivity index (χ4v) is 4.68. The smallest absolute Gasteiger partial charge is 0.411 e. The number of hydrogen-bond acceptors (Lipinski definition) is 6. The number of nitrogens with zero attached hydrogens (tertiary/aromatic N) is 2. The van der Waals surface area contributed by atoms with Gasteiger partial charge in [0.2, 0.25) is 0 Å². The van der Waals surface area contributed by atoms with Crippen molar-refractivity contribution in [1.29, 1.82) is 0 Å². The Morgan fingerprint density at radius 3 is 2.49 bits per heavy atom. The first-order valence-corrected chi connectivity index (χ1v) is 12.1. The lowest BCUT2D eigenvalue weighted by Crippen LogP contribution is -2.28. The molecule has 1 aliphatic heterocycles. The third-order valence-corrected chi connectivity index (χ3v) is 6.65. The van der Waals surface area contributed by atoms with Crippen LogP contribution in [0.2, 0.25) is 0 Å². The summed E-state index contributed by atoms with van der Waals surface area (Å²) in [5.41, 5.74) is 1.70. The van der Waals surface area contributed by atoms with Crippen molar-refractivity contribution in [2.75, 3.05) is 7.11 Å². The maximum absolute atomic E-state index is 12.5. The summed E-state index contributed by atoms with van der Waals surface area (Å²) in [4.78, 5) is 38.3. The van der Waals surface area contributed by atoms with Crippen molar-refractivity contribution in [2.45, 2.75) is 50.5 Å². The summed E-state index contributed by atoms with van der Waals surface area (Å²) < 4.78 is 18.3. The summed E-state index contributed by atoms with van der Waals surface area (Å²) in [7, 11) is 1.31. The number of aldehydes is 1. The maximum Gasteiger partial charge on any atom is 0.411 e. The average molecular weight is 543 g/mol. The van der Waals surface area contributed by atoms with Crippen molar-refractivity contribution >= 4 is 45.2 Å². The van der Waals surface area contributed by atoms with E-state index < -0.39 is 17.7 Å². The number of methoxy groups -OCH3 is 1. The van der Waals surface area contributed by atoms with E-state index in [0.29, 0.717) is 34.3 Å². The topological polar surface area (TPSA) is 86.8 Å². The molecule has 2 heterocycles. The first kappa shape index (κ1) is 24.8. The highest BCUT2D eigenvalue weighted by Gasteiger charge is 2.51. The lowest BCUT2D eigenvalue weighted by atomic mass is 10.1. The zero-order chi connectivity index (χ0) is 25.3. The molecule has 0 unspecified atom stereocenters. The van der Waals surface area contributed by atoms with E-state index in [1.807, 2.05) is 55.7 Å². The molecule has 0 spiro atoms. The molecule has 184 valence electrons. The highest BCUT2D eigenvalue weighted by molar-refractivity contribution is 9.09. The zero-order valence-electron chi connectivity index (χ0n) is 20.0. The van der Waals surface area contributed by atoms with Crippen LogP contribution in [-0.2, 0) is 22.6 Å². The van der Waals surface area contributed by atoms with Gasteiger partial charge in [0, 0.05) is 18.3 Å². The molecule has 1 aromatic heterocycles. The summed E-state index contributed by atoms with van der Waals surface area (Å²) in [6.45, 7) is 6.10. The lowest BCUT2D eigenvalue weighted by molar-refractivity contribution is 0.0401. The van der Waals surface area contributed by atoms with Crippen LogP contribution in [0.4, 0.5) is 4.79 Å². The number of aromatic nitrogens is 1. The molecule has 0 aliphatic carbocycles. The molecule has 1 fully saturated rings. The number of benzene rings is 2. The minimum atomic E-state index is -0.609. The van der Waals surface area contributed by atoms with Crippen molar-refractivity contribution < 1.29 is 28.6 Å². The number of rotatable bonds is 7. The van der Waals surface area contributed by atoms with Crippen molar-refractivity contribution in [1.82, 2.24) is 9.47 Å². The molecular weight excluding hydrogens is 516 g/mol. The van der Waals surface area contributed by atoms with Gasteiger partial charge in [-0.2, -0.15) is 0 Å². The van der Waals surface area contributed by atoms with Crippen LogP contribution in [0.3, 0.4) is 0 Å². The molecular formula is C26H27BrN2O6. The normalized spacial score (nSPS) is 17.2. The molecule has 0 saturated carbocycles. The quantitative estimate of drug-likeness (QED) is 0.135. The van der Waals surface area contributed by atoms with Crippen molar-refractivity contribution in [3.63, 3.8) is 0 Å². The fourth-order valence-electron chi connectivity index (χ4n) is 3.92. The standard InChI is InChI=1S/C26H27BrN2O6/c1-26(2,3)35-25(32)29-20(23(29)27)13-28-12-18(14-30)22-19(28)10-17(24(31)33-4)11-21(22)34-15-16-8-6-5-7-9-16/h5-12,14,20,23H,13,15H2,1-4H3/t20-,23-,29?/m0/s1. The zero-order valence-corrected chi connectivity index (χ0v) is 21.6. The molecule has 35 heavy (non-hydrogen) atoms. The number of halogens is 1. The SMILES string of the molecule is COC(=O)c1cc(OCc2ccccc2)c2c(C=O)cn(C[C@H]3[C@@H](Br)N3C(=O)OC(C)(C)C)c2c1. The molecule has 0 bridgehead atoms. The van der Waals surface area contributed by atoms with E-state index in [9.17, 15) is 14.4 Å². The Kier molecular flexibility index (Phi) is 6.89. The van der Waals surface area contributed by atoms with E-state index in [-0.39, 0.29) is 17.6 Å². The van der Waals surface area contributed by atoms with Gasteiger partial charge in [-0.25, -0.2) is 9.59 Å². The number of esters is 1. The van der Waals surface area contributed by atoms with Crippen LogP contribution in [0.5, 0.6) is 5.75 Å². The van der Waals surface area contributed by atoms with E-state index in [1.54, 1.807) is 23.2 Å². The summed E-state index contributed by atoms with van der Waals surface area (Å²) >= 11 is 3.53. The molecule has 1 amide bonds. The number of carbonyl (C=O) groups excluding carboxylic acids is 3. The molecule has 3 aromatic rings. The van der Waals surface area contributed by atoms with E-state index >= 15 is 0 Å². The molecule has 1 saturated heterocycles. The Hall–Kier alpha value is -3.33. The van der Waals surface area contributed by atoms with Gasteiger partial charge in [0.1, 0.15) is 22.9 Å². The second-order valence-corrected chi connectivity index (χ2v) is 10.3. The molecule has 2 atom stereocenters. The van der Waals surface area contributed by atoms with Gasteiger partial charge in [-0.3, -0.25) is 9.69 Å². The molecule has 0 N–H and O–H groups in total. The van der Waals surface area contributed by atoms with Gasteiger partial charge in [0.25, 0.3) is 0 Å². The molecule has 1 aliphatic rings. The largest absolute Gasteiger partial charge is 0.488 e. The molecule has 0 radical (unpaired) electrons. The second-order valence-electron chi connectivity index (χ2n) is 9.32. The van der Waals surface area contributed by atoms with Crippen molar-refractivity contribution in [2.24, 2.45) is 0 Å². The van der Waals surface area contributed by atoms with E-state index in [1.165, 1.54) is 7.11 Å². The van der Waals surface area contributed by atoms with Gasteiger partial charge in [0.15, 0.2) is 6.29 Å². The third kappa shape index (κ3) is 5.35. The summed E-state index contributed by atoms with van der Waals surface area (Å²) in [5, 5.41) is 0.596. The maximum atomic E-state index is 12.5. The van der Waals surface area contributed by atoms with E-state index in [2.05, 4.69) is 15.9 Å². The number of fused-ring (bicyclic) bond motifs is 1. The van der Waals surface area contributed by atoms with Gasteiger partial charge in [-0.15, -0.1) is 0 Å². The first-order chi connectivity index (χ1) is 16.6. The van der Waals surface area contributed by atoms with Crippen LogP contribution in [0, 0.1) is 0 Å². The number of ether oxygens (including phenoxy) is 3. The van der Waals surface area contributed by atoms with Crippen LogP contribution in [0.15, 0.2) is 48.7 Å². The Morgan fingerprint density at radius 1 is 1.14 bits per heavy atom. The first-order valence-electron chi connectivity index (χ1n) is 11.2. The number of hydrogen-bond donors (Lipinski definition) is 0. The summed E-state index contributed by atoms with van der Waals surface area (Å²) in [5.74, 6) is -0.111. The Balaban J connectivity index is 1.69. The fraction of sp³-hybridized carbons (Fsp3) is 0.346. The van der Waals surface area contributed by atoms with Crippen LogP contribution in [0.1, 0.15) is 47.1 Å². The van der Waals surface area contributed by atoms with Crippen LogP contribution >= 0.6 is 15.9 Å². The van der Waals surface area contributed by atoms with Crippen LogP contribution in [0.25, 0.3) is 10.9 Å². The number of alkyl halides is 1. The third-order valence-electron chi connectivity index (χ3n) is 5.60. The Labute approximate surface area is 211 Å². The monoisotopic (exact) mass is 542 g/mol. The number of amides is 1. The minimum absolute atomic E-state index is 0.185. The average Bonchev–Trinajstić information content (AvgIpc) is 3.32. The lowest BCUT2D eigenvalue weighted by Gasteiger charge is -2.20. The van der Waals surface area contributed by atoms with Crippen molar-refractivity contribution in [3.05, 3.63) is 65.4 Å². The Bertz CT molecular complexity index is 1260. The molecule has 8 nitrogen and oxygen atoms in total. The van der Waals surface area contributed by atoms with Crippen LogP contribution in [-0.4, -0.2) is 51.5 Å². The predicted octanol–water partition coefficient (Wildman–Crippen LogP) is 5.16. The molecule has 2 aromatic carbocycles. The van der Waals surface area contributed by atoms with Crippen LogP contribution < -0.4 is 4.74 Å². The molecule has 9 heteroatoms. The van der Waals surface area contributed by atoms with Gasteiger partial charge in [-0.05, 0) is 38.5 Å². The summed E-state index contributed by atoms with van der Waals surface area (Å²) in [6.07, 6.45) is 2.05. The van der Waals surface area contributed by atoms with Crippen molar-refractivity contribution in [3.8, 4) is 5.75 Å². The highest BCUT2D eigenvalue weighted by Crippen LogP contribution is 2.39. The van der Waals surface area contributed by atoms with E-state index in [4.69, 9.17) is 14.2 Å². The van der Waals surface area contributed by atoms with Gasteiger partial charge >= 0.3 is 12.1 Å². The second kappa shape index (κ2) is 9.73. The minimum Gasteiger partial charge on any atom is -0.488 e. The molecule has 4 rings (SSSR count). The van der Waals surface area contributed by atoms with Gasteiger partial charge < -0.3 is 18.8 Å². The summed E-state index contributed by atoms with van der Waals surface area (Å²) in [6, 6.07) is 12.7. The Morgan fingerprint density at radius 2 is 1.86 bits per heavy atom.